The molecule has 1 aliphatic heterocycles. The number of likely N-dealkylation sites (N-methyl/N-ethyl adjacent to an activating group) is 1. The molecular formula is C13H16N2O4. The van der Waals surface area contributed by atoms with E-state index in [4.69, 9.17) is 9.84 Å². The van der Waals surface area contributed by atoms with Crippen LogP contribution in [0.1, 0.15) is 6.42 Å². The van der Waals surface area contributed by atoms with Gasteiger partial charge in [0.2, 0.25) is 0 Å². The van der Waals surface area contributed by atoms with Crippen LogP contribution in [0, 0.1) is 0 Å². The summed E-state index contributed by atoms with van der Waals surface area (Å²) in [6, 6.07) is 6.63. The Balaban J connectivity index is 2.16. The van der Waals surface area contributed by atoms with Gasteiger partial charge in [0.15, 0.2) is 0 Å². The molecule has 1 aliphatic rings. The van der Waals surface area contributed by atoms with Crippen LogP contribution in [0.15, 0.2) is 24.3 Å². The van der Waals surface area contributed by atoms with E-state index in [1.54, 1.807) is 43.3 Å². The van der Waals surface area contributed by atoms with Gasteiger partial charge in [-0.3, -0.25) is 9.69 Å². The van der Waals surface area contributed by atoms with Gasteiger partial charge in [0.1, 0.15) is 5.75 Å². The number of carbonyl (C=O) groups excluding carboxylic acids is 1. The molecule has 0 saturated carbocycles. The number of ether oxygens (including phenoxy) is 1. The zero-order valence-corrected chi connectivity index (χ0v) is 10.9. The Morgan fingerprint density at radius 1 is 1.42 bits per heavy atom. The summed E-state index contributed by atoms with van der Waals surface area (Å²) in [6.07, 6.45) is -0.0467. The molecule has 19 heavy (non-hydrogen) atoms. The predicted octanol–water partition coefficient (Wildman–Crippen LogP) is 1.41. The van der Waals surface area contributed by atoms with Crippen molar-refractivity contribution in [1.82, 2.24) is 4.90 Å². The number of carbonyl (C=O) groups is 2. The first-order valence-corrected chi connectivity index (χ1v) is 5.93. The molecule has 1 atom stereocenters. The molecule has 0 spiro atoms. The van der Waals surface area contributed by atoms with Crippen LogP contribution >= 0.6 is 0 Å². The van der Waals surface area contributed by atoms with Crippen LogP contribution in [0.2, 0.25) is 0 Å². The van der Waals surface area contributed by atoms with Crippen molar-refractivity contribution < 1.29 is 19.4 Å². The fourth-order valence-corrected chi connectivity index (χ4v) is 2.14. The number of benzene rings is 1. The maximum Gasteiger partial charge on any atom is 0.324 e. The van der Waals surface area contributed by atoms with Crippen LogP contribution in [0.25, 0.3) is 0 Å². The van der Waals surface area contributed by atoms with Gasteiger partial charge < -0.3 is 14.7 Å². The summed E-state index contributed by atoms with van der Waals surface area (Å²) in [6.45, 7) is 0.383. The van der Waals surface area contributed by atoms with Gasteiger partial charge in [-0.25, -0.2) is 4.79 Å². The topological polar surface area (TPSA) is 70.1 Å². The molecule has 0 bridgehead atoms. The second-order valence-corrected chi connectivity index (χ2v) is 4.45. The molecule has 0 aromatic heterocycles. The number of anilines is 1. The minimum atomic E-state index is -0.902. The lowest BCUT2D eigenvalue weighted by Crippen LogP contribution is -2.32. The lowest BCUT2D eigenvalue weighted by molar-refractivity contribution is -0.137. The Kier molecular flexibility index (Phi) is 3.59. The van der Waals surface area contributed by atoms with E-state index in [0.29, 0.717) is 12.3 Å². The van der Waals surface area contributed by atoms with E-state index in [1.165, 1.54) is 4.90 Å². The second kappa shape index (κ2) is 5.17. The zero-order valence-electron chi connectivity index (χ0n) is 10.9. The highest BCUT2D eigenvalue weighted by Gasteiger charge is 2.36. The van der Waals surface area contributed by atoms with E-state index in [-0.39, 0.29) is 18.5 Å². The normalized spacial score (nSPS) is 18.8. The smallest absolute Gasteiger partial charge is 0.324 e. The number of hydrogen-bond donors (Lipinski definition) is 1. The summed E-state index contributed by atoms with van der Waals surface area (Å²) < 4.78 is 5.06. The molecular weight excluding hydrogens is 248 g/mol. The quantitative estimate of drug-likeness (QED) is 0.892. The maximum atomic E-state index is 12.1. The van der Waals surface area contributed by atoms with Crippen molar-refractivity contribution in [1.29, 1.82) is 0 Å². The largest absolute Gasteiger partial charge is 0.497 e. The van der Waals surface area contributed by atoms with Crippen LogP contribution < -0.4 is 9.64 Å². The van der Waals surface area contributed by atoms with Crippen molar-refractivity contribution in [2.45, 2.75) is 12.5 Å². The van der Waals surface area contributed by atoms with Crippen molar-refractivity contribution in [2.24, 2.45) is 0 Å². The molecule has 1 N–H and O–H groups in total. The Morgan fingerprint density at radius 2 is 2.05 bits per heavy atom. The number of urea groups is 1. The summed E-state index contributed by atoms with van der Waals surface area (Å²) in [5.41, 5.74) is 0.741. The first-order chi connectivity index (χ1) is 9.02. The van der Waals surface area contributed by atoms with Gasteiger partial charge in [-0.1, -0.05) is 0 Å². The molecule has 2 rings (SSSR count). The van der Waals surface area contributed by atoms with Gasteiger partial charge in [-0.15, -0.1) is 0 Å². The molecule has 1 saturated heterocycles. The highest BCUT2D eigenvalue weighted by molar-refractivity contribution is 5.95. The van der Waals surface area contributed by atoms with Gasteiger partial charge in [0, 0.05) is 19.3 Å². The van der Waals surface area contributed by atoms with E-state index in [9.17, 15) is 9.59 Å². The van der Waals surface area contributed by atoms with Gasteiger partial charge in [-0.05, 0) is 24.3 Å². The molecule has 1 aromatic rings. The van der Waals surface area contributed by atoms with Crippen molar-refractivity contribution >= 4 is 17.7 Å². The minimum Gasteiger partial charge on any atom is -0.497 e. The lowest BCUT2D eigenvalue weighted by atomic mass is 10.2. The number of amides is 2. The monoisotopic (exact) mass is 264 g/mol. The fourth-order valence-electron chi connectivity index (χ4n) is 2.14. The highest BCUT2D eigenvalue weighted by Crippen LogP contribution is 2.26. The Bertz CT molecular complexity index is 486. The van der Waals surface area contributed by atoms with Crippen LogP contribution in [0.5, 0.6) is 5.75 Å². The zero-order chi connectivity index (χ0) is 14.0. The van der Waals surface area contributed by atoms with Gasteiger partial charge in [-0.2, -0.15) is 0 Å². The van der Waals surface area contributed by atoms with Gasteiger partial charge in [0.05, 0.1) is 19.6 Å². The summed E-state index contributed by atoms with van der Waals surface area (Å²) in [4.78, 5) is 25.9. The average Bonchev–Trinajstić information content (AvgIpc) is 2.67. The molecule has 0 aliphatic carbocycles. The summed E-state index contributed by atoms with van der Waals surface area (Å²) in [5.74, 6) is -0.188. The van der Waals surface area contributed by atoms with Crippen LogP contribution in [-0.2, 0) is 4.79 Å². The van der Waals surface area contributed by atoms with E-state index in [2.05, 4.69) is 0 Å². The Hall–Kier alpha value is -2.24. The molecule has 6 heteroatoms. The van der Waals surface area contributed by atoms with Crippen molar-refractivity contribution in [2.75, 3.05) is 25.6 Å². The molecule has 0 radical (unpaired) electrons. The first-order valence-electron chi connectivity index (χ1n) is 5.93. The number of methoxy groups -OCH3 is 1. The second-order valence-electron chi connectivity index (χ2n) is 4.45. The molecule has 1 unspecified atom stereocenters. The molecule has 1 aromatic carbocycles. The number of carboxylic acid groups (broad SMARTS) is 1. The lowest BCUT2D eigenvalue weighted by Gasteiger charge is -2.16. The van der Waals surface area contributed by atoms with Crippen LogP contribution in [0.3, 0.4) is 0 Å². The Labute approximate surface area is 111 Å². The van der Waals surface area contributed by atoms with E-state index >= 15 is 0 Å². The molecule has 2 amide bonds. The Morgan fingerprint density at radius 3 is 2.58 bits per heavy atom. The molecule has 102 valence electrons. The fraction of sp³-hybridized carbons (Fsp3) is 0.385. The number of hydrogen-bond acceptors (Lipinski definition) is 3. The van der Waals surface area contributed by atoms with Crippen LogP contribution in [-0.4, -0.2) is 48.8 Å². The van der Waals surface area contributed by atoms with Crippen molar-refractivity contribution in [3.63, 3.8) is 0 Å². The first kappa shape index (κ1) is 13.2. The summed E-state index contributed by atoms with van der Waals surface area (Å²) >= 11 is 0. The van der Waals surface area contributed by atoms with Crippen LogP contribution in [0.4, 0.5) is 10.5 Å². The molecule has 1 fully saturated rings. The molecule has 6 nitrogen and oxygen atoms in total. The van der Waals surface area contributed by atoms with Crippen molar-refractivity contribution in [3.05, 3.63) is 24.3 Å². The third-order valence-electron chi connectivity index (χ3n) is 3.27. The maximum absolute atomic E-state index is 12.1. The van der Waals surface area contributed by atoms with Crippen molar-refractivity contribution in [3.8, 4) is 5.75 Å². The van der Waals surface area contributed by atoms with E-state index < -0.39 is 5.97 Å². The molecule has 1 heterocycles. The number of rotatable bonds is 4. The SMILES string of the molecule is COc1ccc(N2CC(CC(=O)O)N(C)C2=O)cc1. The van der Waals surface area contributed by atoms with E-state index in [0.717, 1.165) is 5.69 Å². The van der Waals surface area contributed by atoms with Gasteiger partial charge >= 0.3 is 12.0 Å². The minimum absolute atomic E-state index is 0.0467. The number of aliphatic carboxylic acids is 1. The summed E-state index contributed by atoms with van der Waals surface area (Å²) in [5, 5.41) is 8.83. The highest BCUT2D eigenvalue weighted by atomic mass is 16.5. The standard InChI is InChI=1S/C13H16N2O4/c1-14-10(7-12(16)17)8-15(13(14)18)9-3-5-11(19-2)6-4-9/h3-6,10H,7-8H2,1-2H3,(H,16,17). The third kappa shape index (κ3) is 2.62. The van der Waals surface area contributed by atoms with Gasteiger partial charge in [0.25, 0.3) is 0 Å². The number of nitrogens with zero attached hydrogens (tertiary/aromatic N) is 2. The third-order valence-corrected chi connectivity index (χ3v) is 3.27. The number of carboxylic acids is 1. The average molecular weight is 264 g/mol. The summed E-state index contributed by atoms with van der Waals surface area (Å²) in [7, 11) is 3.20. The predicted molar refractivity (Wildman–Crippen MR) is 69.5 cm³/mol. The van der Waals surface area contributed by atoms with E-state index in [1.807, 2.05) is 0 Å².